The lowest BCUT2D eigenvalue weighted by Crippen LogP contribution is -2.22. The molecule has 1 aromatic rings. The highest BCUT2D eigenvalue weighted by atomic mass is 16.5. The molecule has 1 aromatic carbocycles. The Bertz CT molecular complexity index is 382. The van der Waals surface area contributed by atoms with Gasteiger partial charge in [0.05, 0.1) is 25.4 Å². The third kappa shape index (κ3) is 5.49. The molecule has 0 heterocycles. The number of ether oxygens (including phenoxy) is 3. The van der Waals surface area contributed by atoms with E-state index in [1.807, 2.05) is 45.9 Å². The van der Waals surface area contributed by atoms with E-state index in [1.165, 1.54) is 0 Å². The van der Waals surface area contributed by atoms with Crippen LogP contribution in [0.4, 0.5) is 0 Å². The van der Waals surface area contributed by atoms with E-state index < -0.39 is 0 Å². The molecule has 0 aromatic heterocycles. The summed E-state index contributed by atoms with van der Waals surface area (Å²) >= 11 is 0. The van der Waals surface area contributed by atoms with Crippen LogP contribution in [-0.2, 0) is 11.3 Å². The molecule has 0 saturated carbocycles. The van der Waals surface area contributed by atoms with Gasteiger partial charge in [-0.25, -0.2) is 0 Å². The quantitative estimate of drug-likeness (QED) is 0.772. The second-order valence-corrected chi connectivity index (χ2v) is 5.14. The highest BCUT2D eigenvalue weighted by molar-refractivity contribution is 5.46. The normalized spacial score (nSPS) is 11.4. The van der Waals surface area contributed by atoms with Crippen molar-refractivity contribution in [2.24, 2.45) is 0 Å². The predicted octanol–water partition coefficient (Wildman–Crippen LogP) is 2.77. The SMILES string of the molecule is CCOc1cccc(CO)c1OCCOC(C)(C)C. The molecule has 0 amide bonds. The van der Waals surface area contributed by atoms with Crippen LogP contribution in [0.1, 0.15) is 33.3 Å². The van der Waals surface area contributed by atoms with Gasteiger partial charge in [0.1, 0.15) is 6.61 Å². The highest BCUT2D eigenvalue weighted by Gasteiger charge is 2.12. The number of aliphatic hydroxyl groups excluding tert-OH is 1. The molecule has 0 spiro atoms. The summed E-state index contributed by atoms with van der Waals surface area (Å²) in [7, 11) is 0. The molecule has 0 saturated heterocycles. The fraction of sp³-hybridized carbons (Fsp3) is 0.600. The number of para-hydroxylation sites is 1. The molecule has 4 heteroatoms. The summed E-state index contributed by atoms with van der Waals surface area (Å²) in [5.74, 6) is 1.26. The fourth-order valence-electron chi connectivity index (χ4n) is 1.61. The van der Waals surface area contributed by atoms with Crippen LogP contribution >= 0.6 is 0 Å². The maximum absolute atomic E-state index is 9.33. The molecule has 19 heavy (non-hydrogen) atoms. The van der Waals surface area contributed by atoms with Gasteiger partial charge < -0.3 is 19.3 Å². The van der Waals surface area contributed by atoms with E-state index in [2.05, 4.69) is 0 Å². The lowest BCUT2D eigenvalue weighted by Gasteiger charge is -2.20. The monoisotopic (exact) mass is 268 g/mol. The van der Waals surface area contributed by atoms with Gasteiger partial charge in [0.2, 0.25) is 0 Å². The van der Waals surface area contributed by atoms with Gasteiger partial charge >= 0.3 is 0 Å². The summed E-state index contributed by atoms with van der Waals surface area (Å²) in [5, 5.41) is 9.33. The Morgan fingerprint density at radius 2 is 1.84 bits per heavy atom. The summed E-state index contributed by atoms with van der Waals surface area (Å²) in [6.45, 7) is 9.32. The minimum absolute atomic E-state index is 0.0730. The molecular formula is C15H24O4. The Balaban J connectivity index is 2.64. The molecule has 1 rings (SSSR count). The van der Waals surface area contributed by atoms with E-state index in [9.17, 15) is 5.11 Å². The average Bonchev–Trinajstić information content (AvgIpc) is 2.35. The number of aliphatic hydroxyl groups is 1. The number of hydrogen-bond acceptors (Lipinski definition) is 4. The molecule has 0 aliphatic heterocycles. The zero-order valence-corrected chi connectivity index (χ0v) is 12.2. The molecular weight excluding hydrogens is 244 g/mol. The minimum atomic E-state index is -0.178. The van der Waals surface area contributed by atoms with Gasteiger partial charge in [-0.1, -0.05) is 12.1 Å². The van der Waals surface area contributed by atoms with Gasteiger partial charge in [0, 0.05) is 5.56 Å². The number of rotatable bonds is 7. The smallest absolute Gasteiger partial charge is 0.166 e. The average molecular weight is 268 g/mol. The topological polar surface area (TPSA) is 47.9 Å². The first-order valence-corrected chi connectivity index (χ1v) is 6.60. The zero-order chi connectivity index (χ0) is 14.3. The van der Waals surface area contributed by atoms with Crippen molar-refractivity contribution in [2.45, 2.75) is 39.9 Å². The molecule has 4 nitrogen and oxygen atoms in total. The minimum Gasteiger partial charge on any atom is -0.490 e. The first-order chi connectivity index (χ1) is 8.98. The van der Waals surface area contributed by atoms with Crippen molar-refractivity contribution in [3.8, 4) is 11.5 Å². The van der Waals surface area contributed by atoms with Crippen molar-refractivity contribution in [3.05, 3.63) is 23.8 Å². The van der Waals surface area contributed by atoms with Gasteiger partial charge in [0.25, 0.3) is 0 Å². The highest BCUT2D eigenvalue weighted by Crippen LogP contribution is 2.31. The lowest BCUT2D eigenvalue weighted by atomic mass is 10.2. The molecule has 108 valence electrons. The van der Waals surface area contributed by atoms with Crippen LogP contribution in [0.5, 0.6) is 11.5 Å². The molecule has 0 radical (unpaired) electrons. The van der Waals surface area contributed by atoms with Crippen molar-refractivity contribution in [1.82, 2.24) is 0 Å². The first kappa shape index (κ1) is 15.8. The van der Waals surface area contributed by atoms with Crippen LogP contribution in [0.25, 0.3) is 0 Å². The van der Waals surface area contributed by atoms with E-state index in [4.69, 9.17) is 14.2 Å². The molecule has 0 unspecified atom stereocenters. The van der Waals surface area contributed by atoms with Crippen molar-refractivity contribution < 1.29 is 19.3 Å². The van der Waals surface area contributed by atoms with Crippen molar-refractivity contribution in [1.29, 1.82) is 0 Å². The Hall–Kier alpha value is -1.26. The van der Waals surface area contributed by atoms with Crippen LogP contribution in [0, 0.1) is 0 Å². The Labute approximate surface area is 115 Å². The second-order valence-electron chi connectivity index (χ2n) is 5.14. The molecule has 0 aliphatic carbocycles. The standard InChI is InChI=1S/C15H24O4/c1-5-17-13-8-6-7-12(11-16)14(13)18-9-10-19-15(2,3)4/h6-8,16H,5,9-11H2,1-4H3. The largest absolute Gasteiger partial charge is 0.490 e. The molecule has 0 fully saturated rings. The van der Waals surface area contributed by atoms with Crippen LogP contribution in [0.15, 0.2) is 18.2 Å². The second kappa shape index (κ2) is 7.36. The summed E-state index contributed by atoms with van der Waals surface area (Å²) in [6, 6.07) is 5.50. The van der Waals surface area contributed by atoms with Crippen LogP contribution in [-0.4, -0.2) is 30.5 Å². The van der Waals surface area contributed by atoms with Crippen LogP contribution in [0.2, 0.25) is 0 Å². The predicted molar refractivity (Wildman–Crippen MR) is 74.7 cm³/mol. The van der Waals surface area contributed by atoms with E-state index in [0.717, 1.165) is 5.56 Å². The van der Waals surface area contributed by atoms with E-state index >= 15 is 0 Å². The third-order valence-corrected chi connectivity index (χ3v) is 2.40. The van der Waals surface area contributed by atoms with E-state index in [0.29, 0.717) is 31.3 Å². The Morgan fingerprint density at radius 3 is 2.42 bits per heavy atom. The molecule has 1 N–H and O–H groups in total. The van der Waals surface area contributed by atoms with Crippen LogP contribution < -0.4 is 9.47 Å². The Kier molecular flexibility index (Phi) is 6.12. The number of hydrogen-bond donors (Lipinski definition) is 1. The van der Waals surface area contributed by atoms with Gasteiger partial charge in [-0.2, -0.15) is 0 Å². The fourth-order valence-corrected chi connectivity index (χ4v) is 1.61. The van der Waals surface area contributed by atoms with E-state index in [1.54, 1.807) is 0 Å². The van der Waals surface area contributed by atoms with Gasteiger partial charge in [-0.3, -0.25) is 0 Å². The maximum atomic E-state index is 9.33. The molecule has 0 bridgehead atoms. The maximum Gasteiger partial charge on any atom is 0.166 e. The third-order valence-electron chi connectivity index (χ3n) is 2.40. The van der Waals surface area contributed by atoms with Gasteiger partial charge in [-0.15, -0.1) is 0 Å². The lowest BCUT2D eigenvalue weighted by molar-refractivity contribution is -0.0167. The molecule has 0 aliphatic rings. The zero-order valence-electron chi connectivity index (χ0n) is 12.2. The summed E-state index contributed by atoms with van der Waals surface area (Å²) < 4.78 is 16.8. The summed E-state index contributed by atoms with van der Waals surface area (Å²) in [5.41, 5.74) is 0.546. The molecule has 0 atom stereocenters. The van der Waals surface area contributed by atoms with Crippen molar-refractivity contribution in [2.75, 3.05) is 19.8 Å². The van der Waals surface area contributed by atoms with Gasteiger partial charge in [0.15, 0.2) is 11.5 Å². The van der Waals surface area contributed by atoms with Crippen molar-refractivity contribution >= 4 is 0 Å². The van der Waals surface area contributed by atoms with Gasteiger partial charge in [-0.05, 0) is 33.8 Å². The number of benzene rings is 1. The summed E-state index contributed by atoms with van der Waals surface area (Å²) in [4.78, 5) is 0. The van der Waals surface area contributed by atoms with Crippen LogP contribution in [0.3, 0.4) is 0 Å². The van der Waals surface area contributed by atoms with Crippen molar-refractivity contribution in [3.63, 3.8) is 0 Å². The summed E-state index contributed by atoms with van der Waals surface area (Å²) in [6.07, 6.45) is 0. The van der Waals surface area contributed by atoms with E-state index in [-0.39, 0.29) is 12.2 Å². The Morgan fingerprint density at radius 1 is 1.11 bits per heavy atom. The first-order valence-electron chi connectivity index (χ1n) is 6.60.